The molecule has 68 valence electrons. The number of rotatable bonds is 5. The van der Waals surface area contributed by atoms with Gasteiger partial charge in [0.25, 0.3) is 0 Å². The van der Waals surface area contributed by atoms with Crippen molar-refractivity contribution in [2.75, 3.05) is 6.61 Å². The van der Waals surface area contributed by atoms with Crippen LogP contribution in [0.5, 0.6) is 0 Å². The summed E-state index contributed by atoms with van der Waals surface area (Å²) in [6.45, 7) is 4.08. The zero-order chi connectivity index (χ0) is 9.40. The summed E-state index contributed by atoms with van der Waals surface area (Å²) in [5.41, 5.74) is 0. The Morgan fingerprint density at radius 2 is 2.33 bits per heavy atom. The van der Waals surface area contributed by atoms with Crippen LogP contribution >= 0.6 is 0 Å². The Bertz CT molecular complexity index is 172. The third-order valence-corrected chi connectivity index (χ3v) is 1.54. The molecule has 0 aromatic heterocycles. The van der Waals surface area contributed by atoms with Crippen LogP contribution in [0, 0.1) is 17.2 Å². The molecule has 0 aliphatic carbocycles. The Morgan fingerprint density at radius 1 is 1.67 bits per heavy atom. The maximum atomic E-state index is 10.8. The van der Waals surface area contributed by atoms with Gasteiger partial charge in [0, 0.05) is 12.3 Å². The van der Waals surface area contributed by atoms with E-state index in [2.05, 4.69) is 6.07 Å². The number of esters is 1. The molecule has 0 radical (unpaired) electrons. The van der Waals surface area contributed by atoms with Crippen molar-refractivity contribution >= 4 is 5.97 Å². The molecule has 1 atom stereocenters. The molecule has 0 aliphatic heterocycles. The highest BCUT2D eigenvalue weighted by Crippen LogP contribution is 2.06. The molecular formula is C9H15NO2. The molecule has 0 aliphatic rings. The van der Waals surface area contributed by atoms with Gasteiger partial charge in [-0.15, -0.1) is 0 Å². The van der Waals surface area contributed by atoms with E-state index in [4.69, 9.17) is 10.00 Å². The Hall–Kier alpha value is -1.04. The molecule has 0 bridgehead atoms. The van der Waals surface area contributed by atoms with Crippen molar-refractivity contribution in [2.45, 2.75) is 33.1 Å². The number of carbonyl (C=O) groups excluding carboxylic acids is 1. The molecule has 0 saturated heterocycles. The molecule has 0 aromatic rings. The van der Waals surface area contributed by atoms with E-state index < -0.39 is 0 Å². The van der Waals surface area contributed by atoms with Gasteiger partial charge < -0.3 is 4.74 Å². The van der Waals surface area contributed by atoms with Crippen LogP contribution in [0.15, 0.2) is 0 Å². The molecule has 3 nitrogen and oxygen atoms in total. The smallest absolute Gasteiger partial charge is 0.305 e. The standard InChI is InChI=1S/C9H15NO2/c1-3-12-9(11)6-4-5-8(2)7-10/h8H,3-6H2,1-2H3. The number of hydrogen-bond acceptors (Lipinski definition) is 3. The van der Waals surface area contributed by atoms with Crippen molar-refractivity contribution in [1.82, 2.24) is 0 Å². The van der Waals surface area contributed by atoms with Crippen LogP contribution < -0.4 is 0 Å². The van der Waals surface area contributed by atoms with E-state index in [0.717, 1.165) is 12.8 Å². The SMILES string of the molecule is CCOC(=O)CCCC(C)C#N. The Labute approximate surface area is 73.3 Å². The normalized spacial score (nSPS) is 11.8. The third kappa shape index (κ3) is 5.72. The van der Waals surface area contributed by atoms with E-state index in [1.807, 2.05) is 6.92 Å². The van der Waals surface area contributed by atoms with Gasteiger partial charge in [-0.1, -0.05) is 0 Å². The minimum atomic E-state index is -0.164. The summed E-state index contributed by atoms with van der Waals surface area (Å²) in [4.78, 5) is 10.8. The number of ether oxygens (including phenoxy) is 1. The predicted molar refractivity (Wildman–Crippen MR) is 45.3 cm³/mol. The molecule has 0 spiro atoms. The molecule has 0 aromatic carbocycles. The minimum Gasteiger partial charge on any atom is -0.466 e. The van der Waals surface area contributed by atoms with Gasteiger partial charge >= 0.3 is 5.97 Å². The van der Waals surface area contributed by atoms with Gasteiger partial charge in [0.15, 0.2) is 0 Å². The van der Waals surface area contributed by atoms with Crippen LogP contribution in [0.3, 0.4) is 0 Å². The van der Waals surface area contributed by atoms with Gasteiger partial charge in [-0.25, -0.2) is 0 Å². The summed E-state index contributed by atoms with van der Waals surface area (Å²) in [5, 5.41) is 8.44. The quantitative estimate of drug-likeness (QED) is 0.590. The molecule has 0 saturated carbocycles. The van der Waals surface area contributed by atoms with E-state index in [9.17, 15) is 4.79 Å². The molecule has 0 N–H and O–H groups in total. The van der Waals surface area contributed by atoms with Gasteiger partial charge in [0.1, 0.15) is 0 Å². The van der Waals surface area contributed by atoms with Crippen molar-refractivity contribution < 1.29 is 9.53 Å². The van der Waals surface area contributed by atoms with Crippen molar-refractivity contribution in [3.63, 3.8) is 0 Å². The van der Waals surface area contributed by atoms with Crippen molar-refractivity contribution in [3.05, 3.63) is 0 Å². The van der Waals surface area contributed by atoms with Gasteiger partial charge in [-0.3, -0.25) is 4.79 Å². The molecule has 1 unspecified atom stereocenters. The topological polar surface area (TPSA) is 50.1 Å². The molecule has 3 heteroatoms. The van der Waals surface area contributed by atoms with Crippen LogP contribution in [0.25, 0.3) is 0 Å². The molecule has 0 rings (SSSR count). The lowest BCUT2D eigenvalue weighted by atomic mass is 10.1. The minimum absolute atomic E-state index is 0.0411. The van der Waals surface area contributed by atoms with Crippen molar-refractivity contribution in [2.24, 2.45) is 5.92 Å². The highest BCUT2D eigenvalue weighted by Gasteiger charge is 2.03. The first kappa shape index (κ1) is 11.0. The van der Waals surface area contributed by atoms with Crippen LogP contribution in [-0.4, -0.2) is 12.6 Å². The second kappa shape index (κ2) is 6.66. The fourth-order valence-corrected chi connectivity index (χ4v) is 0.850. The summed E-state index contributed by atoms with van der Waals surface area (Å²) in [7, 11) is 0. The van der Waals surface area contributed by atoms with Crippen LogP contribution in [0.1, 0.15) is 33.1 Å². The summed E-state index contributed by atoms with van der Waals surface area (Å²) in [5.74, 6) is -0.123. The van der Waals surface area contributed by atoms with E-state index in [1.54, 1.807) is 6.92 Å². The van der Waals surface area contributed by atoms with E-state index in [-0.39, 0.29) is 11.9 Å². The Balaban J connectivity index is 3.32. The third-order valence-electron chi connectivity index (χ3n) is 1.54. The monoisotopic (exact) mass is 169 g/mol. The molecule has 0 amide bonds. The van der Waals surface area contributed by atoms with E-state index in [1.165, 1.54) is 0 Å². The van der Waals surface area contributed by atoms with Crippen LogP contribution in [0.2, 0.25) is 0 Å². The van der Waals surface area contributed by atoms with Gasteiger partial charge in [0.05, 0.1) is 12.7 Å². The van der Waals surface area contributed by atoms with E-state index >= 15 is 0 Å². The summed E-state index contributed by atoms with van der Waals surface area (Å²) < 4.78 is 4.74. The highest BCUT2D eigenvalue weighted by molar-refractivity contribution is 5.69. The average Bonchev–Trinajstić information content (AvgIpc) is 2.04. The molecular weight excluding hydrogens is 154 g/mol. The maximum absolute atomic E-state index is 10.8. The summed E-state index contributed by atoms with van der Waals surface area (Å²) in [6, 6.07) is 2.12. The zero-order valence-corrected chi connectivity index (χ0v) is 7.67. The molecule has 12 heavy (non-hydrogen) atoms. The lowest BCUT2D eigenvalue weighted by Crippen LogP contribution is -2.04. The van der Waals surface area contributed by atoms with E-state index in [0.29, 0.717) is 13.0 Å². The first-order valence-corrected chi connectivity index (χ1v) is 4.26. The molecule has 0 heterocycles. The number of nitriles is 1. The first-order valence-electron chi connectivity index (χ1n) is 4.26. The lowest BCUT2D eigenvalue weighted by Gasteiger charge is -2.02. The van der Waals surface area contributed by atoms with Gasteiger partial charge in [-0.2, -0.15) is 5.26 Å². The second-order valence-corrected chi connectivity index (χ2v) is 2.73. The van der Waals surface area contributed by atoms with Crippen LogP contribution in [-0.2, 0) is 9.53 Å². The fraction of sp³-hybridized carbons (Fsp3) is 0.778. The van der Waals surface area contributed by atoms with Gasteiger partial charge in [0.2, 0.25) is 0 Å². The zero-order valence-electron chi connectivity index (χ0n) is 7.67. The van der Waals surface area contributed by atoms with Gasteiger partial charge in [-0.05, 0) is 26.7 Å². The van der Waals surface area contributed by atoms with Crippen LogP contribution in [0.4, 0.5) is 0 Å². The predicted octanol–water partition coefficient (Wildman–Crippen LogP) is 1.88. The Kier molecular flexibility index (Phi) is 6.08. The lowest BCUT2D eigenvalue weighted by molar-refractivity contribution is -0.143. The number of carbonyl (C=O) groups is 1. The maximum Gasteiger partial charge on any atom is 0.305 e. The summed E-state index contributed by atoms with van der Waals surface area (Å²) in [6.07, 6.45) is 1.95. The average molecular weight is 169 g/mol. The van der Waals surface area contributed by atoms with Crippen molar-refractivity contribution in [1.29, 1.82) is 5.26 Å². The largest absolute Gasteiger partial charge is 0.466 e. The molecule has 0 fully saturated rings. The fourth-order valence-electron chi connectivity index (χ4n) is 0.850. The first-order chi connectivity index (χ1) is 5.70. The van der Waals surface area contributed by atoms with Crippen molar-refractivity contribution in [3.8, 4) is 6.07 Å². The highest BCUT2D eigenvalue weighted by atomic mass is 16.5. The number of hydrogen-bond donors (Lipinski definition) is 0. The number of nitrogens with zero attached hydrogens (tertiary/aromatic N) is 1. The second-order valence-electron chi connectivity index (χ2n) is 2.73. The summed E-state index contributed by atoms with van der Waals surface area (Å²) >= 11 is 0. The Morgan fingerprint density at radius 3 is 2.83 bits per heavy atom.